The number of aryl methyl sites for hydroxylation is 1. The first-order chi connectivity index (χ1) is 7.91. The van der Waals surface area contributed by atoms with Crippen LogP contribution in [0.5, 0.6) is 0 Å². The van der Waals surface area contributed by atoms with Gasteiger partial charge in [0.2, 0.25) is 0 Å². The van der Waals surface area contributed by atoms with Crippen LogP contribution in [0.1, 0.15) is 36.3 Å². The molecular formula is C11H17N3O3. The highest BCUT2D eigenvalue weighted by atomic mass is 16.4. The molecule has 0 unspecified atom stereocenters. The molecule has 3 N–H and O–H groups in total. The first-order valence-corrected chi connectivity index (χ1v) is 5.45. The van der Waals surface area contributed by atoms with Gasteiger partial charge in [-0.2, -0.15) is 5.10 Å². The third-order valence-corrected chi connectivity index (χ3v) is 2.37. The largest absolute Gasteiger partial charge is 0.480 e. The number of aliphatic carboxylic acids is 1. The summed E-state index contributed by atoms with van der Waals surface area (Å²) in [6, 6.07) is -0.870. The lowest BCUT2D eigenvalue weighted by Gasteiger charge is -2.16. The van der Waals surface area contributed by atoms with Crippen LogP contribution in [0.15, 0.2) is 6.20 Å². The highest BCUT2D eigenvalue weighted by Crippen LogP contribution is 2.07. The van der Waals surface area contributed by atoms with E-state index < -0.39 is 17.9 Å². The summed E-state index contributed by atoms with van der Waals surface area (Å²) in [7, 11) is 0. The number of rotatable bonds is 5. The van der Waals surface area contributed by atoms with Crippen LogP contribution < -0.4 is 5.32 Å². The Bertz CT molecular complexity index is 412. The predicted octanol–water partition coefficient (Wildman–Crippen LogP) is 0.947. The molecule has 0 aliphatic rings. The van der Waals surface area contributed by atoms with E-state index in [0.29, 0.717) is 17.7 Å². The van der Waals surface area contributed by atoms with Gasteiger partial charge in [0.05, 0.1) is 6.20 Å². The topological polar surface area (TPSA) is 95.1 Å². The van der Waals surface area contributed by atoms with Crippen molar-refractivity contribution < 1.29 is 14.7 Å². The molecule has 1 aromatic rings. The van der Waals surface area contributed by atoms with E-state index in [-0.39, 0.29) is 5.92 Å². The summed E-state index contributed by atoms with van der Waals surface area (Å²) in [5.74, 6) is -1.27. The number of aromatic nitrogens is 2. The number of carbonyl (C=O) groups excluding carboxylic acids is 1. The lowest BCUT2D eigenvalue weighted by molar-refractivity contribution is -0.139. The van der Waals surface area contributed by atoms with Crippen LogP contribution in [0, 0.1) is 12.8 Å². The Hall–Kier alpha value is -1.85. The zero-order chi connectivity index (χ0) is 13.0. The summed E-state index contributed by atoms with van der Waals surface area (Å²) in [5, 5.41) is 17.7. The Morgan fingerprint density at radius 1 is 1.53 bits per heavy atom. The summed E-state index contributed by atoms with van der Waals surface area (Å²) in [4.78, 5) is 22.8. The van der Waals surface area contributed by atoms with E-state index in [1.807, 2.05) is 13.8 Å². The second-order valence-corrected chi connectivity index (χ2v) is 4.42. The first-order valence-electron chi connectivity index (χ1n) is 5.45. The molecule has 0 aliphatic carbocycles. The van der Waals surface area contributed by atoms with Gasteiger partial charge in [-0.1, -0.05) is 13.8 Å². The van der Waals surface area contributed by atoms with Gasteiger partial charge in [0, 0.05) is 0 Å². The minimum Gasteiger partial charge on any atom is -0.480 e. The number of carboxylic acid groups (broad SMARTS) is 1. The summed E-state index contributed by atoms with van der Waals surface area (Å²) >= 11 is 0. The fourth-order valence-electron chi connectivity index (χ4n) is 1.50. The quantitative estimate of drug-likeness (QED) is 0.712. The van der Waals surface area contributed by atoms with Gasteiger partial charge in [-0.3, -0.25) is 9.89 Å². The molecule has 17 heavy (non-hydrogen) atoms. The van der Waals surface area contributed by atoms with Crippen LogP contribution in [0.25, 0.3) is 0 Å². The van der Waals surface area contributed by atoms with E-state index in [0.717, 1.165) is 0 Å². The van der Waals surface area contributed by atoms with Crippen LogP contribution in [0.4, 0.5) is 0 Å². The zero-order valence-corrected chi connectivity index (χ0v) is 10.2. The molecule has 0 radical (unpaired) electrons. The van der Waals surface area contributed by atoms with Crippen molar-refractivity contribution in [2.75, 3.05) is 0 Å². The maximum atomic E-state index is 11.8. The van der Waals surface area contributed by atoms with Crippen molar-refractivity contribution in [1.82, 2.24) is 15.5 Å². The second kappa shape index (κ2) is 5.47. The fraction of sp³-hybridized carbons (Fsp3) is 0.545. The number of carbonyl (C=O) groups is 2. The molecule has 0 aliphatic heterocycles. The van der Waals surface area contributed by atoms with Crippen LogP contribution in [0.3, 0.4) is 0 Å². The molecule has 1 heterocycles. The molecule has 1 aromatic heterocycles. The van der Waals surface area contributed by atoms with Gasteiger partial charge in [-0.15, -0.1) is 0 Å². The predicted molar refractivity (Wildman–Crippen MR) is 61.7 cm³/mol. The van der Waals surface area contributed by atoms with E-state index in [9.17, 15) is 9.59 Å². The lowest BCUT2D eigenvalue weighted by atomic mass is 10.0. The normalized spacial score (nSPS) is 12.5. The minimum atomic E-state index is -1.02. The number of hydrogen-bond donors (Lipinski definition) is 3. The van der Waals surface area contributed by atoms with Gasteiger partial charge < -0.3 is 10.4 Å². The van der Waals surface area contributed by atoms with Gasteiger partial charge in [0.15, 0.2) is 0 Å². The number of aromatic amines is 1. The molecule has 0 bridgehead atoms. The summed E-state index contributed by atoms with van der Waals surface area (Å²) in [6.07, 6.45) is 1.92. The van der Waals surface area contributed by atoms with Crippen LogP contribution in [0.2, 0.25) is 0 Å². The van der Waals surface area contributed by atoms with Crippen molar-refractivity contribution in [3.05, 3.63) is 17.5 Å². The number of H-pyrrole nitrogens is 1. The molecule has 0 aromatic carbocycles. The molecule has 94 valence electrons. The molecular weight excluding hydrogens is 222 g/mol. The van der Waals surface area contributed by atoms with Crippen molar-refractivity contribution in [2.45, 2.75) is 33.2 Å². The summed E-state index contributed by atoms with van der Waals surface area (Å²) in [6.45, 7) is 5.55. The Labute approximate surface area is 99.4 Å². The molecule has 0 saturated carbocycles. The van der Waals surface area contributed by atoms with Crippen LogP contribution in [-0.2, 0) is 4.79 Å². The molecule has 1 rings (SSSR count). The molecule has 6 heteroatoms. The number of nitrogens with zero attached hydrogens (tertiary/aromatic N) is 1. The third kappa shape index (κ3) is 3.58. The standard InChI is InChI=1S/C11H17N3O3/c1-6(2)4-8(11(16)17)13-10(15)9-7(3)5-12-14-9/h5-6,8H,4H2,1-3H3,(H,12,14)(H,13,15)(H,16,17)/t8-/m0/s1. The Balaban J connectivity index is 2.71. The van der Waals surface area contributed by atoms with Gasteiger partial charge in [-0.05, 0) is 24.8 Å². The Morgan fingerprint density at radius 3 is 2.59 bits per heavy atom. The molecule has 1 atom stereocenters. The molecule has 0 spiro atoms. The molecule has 6 nitrogen and oxygen atoms in total. The Kier molecular flexibility index (Phi) is 4.25. The van der Waals surface area contributed by atoms with Crippen molar-refractivity contribution in [2.24, 2.45) is 5.92 Å². The van der Waals surface area contributed by atoms with Crippen molar-refractivity contribution in [3.8, 4) is 0 Å². The third-order valence-electron chi connectivity index (χ3n) is 2.37. The average molecular weight is 239 g/mol. The lowest BCUT2D eigenvalue weighted by Crippen LogP contribution is -2.42. The van der Waals surface area contributed by atoms with Crippen LogP contribution >= 0.6 is 0 Å². The smallest absolute Gasteiger partial charge is 0.326 e. The van der Waals surface area contributed by atoms with Crippen LogP contribution in [-0.4, -0.2) is 33.2 Å². The summed E-state index contributed by atoms with van der Waals surface area (Å²) in [5.41, 5.74) is 0.996. The van der Waals surface area contributed by atoms with Crippen molar-refractivity contribution in [3.63, 3.8) is 0 Å². The number of hydrogen-bond acceptors (Lipinski definition) is 3. The van der Waals surface area contributed by atoms with Gasteiger partial charge >= 0.3 is 5.97 Å². The van der Waals surface area contributed by atoms with E-state index in [1.165, 1.54) is 6.20 Å². The monoisotopic (exact) mass is 239 g/mol. The molecule has 0 fully saturated rings. The zero-order valence-electron chi connectivity index (χ0n) is 10.2. The molecule has 0 saturated heterocycles. The van der Waals surface area contributed by atoms with E-state index in [4.69, 9.17) is 5.11 Å². The minimum absolute atomic E-state index is 0.194. The Morgan fingerprint density at radius 2 is 2.18 bits per heavy atom. The maximum absolute atomic E-state index is 11.8. The first kappa shape index (κ1) is 13.2. The van der Waals surface area contributed by atoms with E-state index in [2.05, 4.69) is 15.5 Å². The number of carboxylic acids is 1. The SMILES string of the molecule is Cc1cn[nH]c1C(=O)N[C@@H](CC(C)C)C(=O)O. The maximum Gasteiger partial charge on any atom is 0.326 e. The van der Waals surface area contributed by atoms with Gasteiger partial charge in [0.25, 0.3) is 5.91 Å². The number of amides is 1. The second-order valence-electron chi connectivity index (χ2n) is 4.42. The van der Waals surface area contributed by atoms with Crippen molar-refractivity contribution >= 4 is 11.9 Å². The van der Waals surface area contributed by atoms with Gasteiger partial charge in [0.1, 0.15) is 11.7 Å². The summed E-state index contributed by atoms with van der Waals surface area (Å²) < 4.78 is 0. The highest BCUT2D eigenvalue weighted by Gasteiger charge is 2.22. The fourth-order valence-corrected chi connectivity index (χ4v) is 1.50. The molecule has 1 amide bonds. The van der Waals surface area contributed by atoms with E-state index in [1.54, 1.807) is 6.92 Å². The number of nitrogens with one attached hydrogen (secondary N) is 2. The van der Waals surface area contributed by atoms with E-state index >= 15 is 0 Å². The average Bonchev–Trinajstić information content (AvgIpc) is 2.62. The highest BCUT2D eigenvalue weighted by molar-refractivity contribution is 5.95. The van der Waals surface area contributed by atoms with Gasteiger partial charge in [-0.25, -0.2) is 4.79 Å². The van der Waals surface area contributed by atoms with Crippen molar-refractivity contribution in [1.29, 1.82) is 0 Å².